The minimum Gasteiger partial charge on any atom is -0.354 e. The van der Waals surface area contributed by atoms with E-state index in [1.165, 1.54) is 64.0 Å². The maximum absolute atomic E-state index is 5.69. The lowest BCUT2D eigenvalue weighted by Gasteiger charge is -2.33. The van der Waals surface area contributed by atoms with Crippen molar-refractivity contribution in [1.29, 1.82) is 0 Å². The highest BCUT2D eigenvalue weighted by molar-refractivity contribution is 7.46. The summed E-state index contributed by atoms with van der Waals surface area (Å²) in [5.74, 6) is 0. The van der Waals surface area contributed by atoms with E-state index in [1.54, 1.807) is 0 Å². The zero-order chi connectivity index (χ0) is 19.6. The van der Waals surface area contributed by atoms with Crippen LogP contribution in [0.4, 0.5) is 0 Å². The summed E-state index contributed by atoms with van der Waals surface area (Å²) in [4.78, 5) is 0. The Morgan fingerprint density at radius 2 is 0.538 bits per heavy atom. The van der Waals surface area contributed by atoms with Crippen molar-refractivity contribution in [3.8, 4) is 0 Å². The number of rotatable bonds is 15. The lowest BCUT2D eigenvalue weighted by atomic mass is 11.8. The predicted octanol–water partition coefficient (Wildman–Crippen LogP) is 0.446. The molecule has 0 N–H and O–H groups in total. The Kier molecular flexibility index (Phi) is 15.8. The third kappa shape index (κ3) is 7.81. The lowest BCUT2D eigenvalue weighted by Crippen LogP contribution is -2.51. The fourth-order valence-electron chi connectivity index (χ4n) is 1.42. The summed E-state index contributed by atoms with van der Waals surface area (Å²) < 4.78 is 64.0. The van der Waals surface area contributed by atoms with Gasteiger partial charge in [0.1, 0.15) is 0 Å². The molecule has 0 radical (unpaired) electrons. The fourth-order valence-corrected chi connectivity index (χ4v) is 9.24. The van der Waals surface area contributed by atoms with Gasteiger partial charge >= 0.3 is 35.7 Å². The van der Waals surface area contributed by atoms with Gasteiger partial charge in [0.2, 0.25) is 0 Å². The first-order valence-electron chi connectivity index (χ1n) is 6.67. The van der Waals surface area contributed by atoms with Gasteiger partial charge < -0.3 is 39.8 Å². The van der Waals surface area contributed by atoms with Crippen LogP contribution in [0.3, 0.4) is 0 Å². The largest absolute Gasteiger partial charge is 0.685 e. The van der Waals surface area contributed by atoms with Gasteiger partial charge in [-0.05, 0) is 0 Å². The zero-order valence-electron chi connectivity index (χ0n) is 16.6. The molecule has 0 saturated carbocycles. The van der Waals surface area contributed by atoms with Crippen molar-refractivity contribution in [3.63, 3.8) is 0 Å². The first-order valence-corrected chi connectivity index (χ1v) is 12.7. The average Bonchev–Trinajstić information content (AvgIpc) is 2.68. The van der Waals surface area contributed by atoms with Crippen LogP contribution in [0.25, 0.3) is 0 Å². The van der Waals surface area contributed by atoms with Crippen molar-refractivity contribution in [1.82, 2.24) is 0 Å². The average molecular weight is 477 g/mol. The molecule has 0 fully saturated rings. The highest BCUT2D eigenvalue weighted by atomic mass is 31.2. The van der Waals surface area contributed by atoms with E-state index >= 15 is 0 Å². The van der Waals surface area contributed by atoms with Gasteiger partial charge in [-0.3, -0.25) is 12.6 Å². The van der Waals surface area contributed by atoms with E-state index in [0.717, 1.165) is 0 Å². The highest BCUT2D eigenvalue weighted by Crippen LogP contribution is 2.48. The fraction of sp³-hybridized carbons (Fsp3) is 1.00. The first-order chi connectivity index (χ1) is 11.8. The summed E-state index contributed by atoms with van der Waals surface area (Å²) in [6, 6.07) is 0. The minimum absolute atomic E-state index is 0. The van der Waals surface area contributed by atoms with Gasteiger partial charge in [-0.2, -0.15) is 9.90 Å². The van der Waals surface area contributed by atoms with Crippen molar-refractivity contribution in [3.05, 3.63) is 0 Å². The molecule has 0 bridgehead atoms. The maximum Gasteiger partial charge on any atom is 0.685 e. The molecule has 12 nitrogen and oxygen atoms in total. The van der Waals surface area contributed by atoms with Crippen molar-refractivity contribution in [2.24, 2.45) is 0 Å². The van der Waals surface area contributed by atoms with E-state index in [0.29, 0.717) is 0 Å². The molecule has 160 valence electrons. The van der Waals surface area contributed by atoms with E-state index in [-0.39, 0.29) is 9.90 Å². The molecule has 1 atom stereocenters. The predicted molar refractivity (Wildman–Crippen MR) is 102 cm³/mol. The van der Waals surface area contributed by atoms with Gasteiger partial charge in [0.25, 0.3) is 0 Å². The summed E-state index contributed by atoms with van der Waals surface area (Å²) >= 11 is 0. The van der Waals surface area contributed by atoms with Crippen LogP contribution in [0.5, 0.6) is 0 Å². The second-order valence-electron chi connectivity index (χ2n) is 3.83. The molecule has 26 heavy (non-hydrogen) atoms. The molecule has 0 aliphatic heterocycles. The Hall–Kier alpha value is 1.03. The second kappa shape index (κ2) is 14.1. The van der Waals surface area contributed by atoms with Gasteiger partial charge in [0.15, 0.2) is 0 Å². The molecule has 0 rings (SSSR count). The Balaban J connectivity index is 0. The van der Waals surface area contributed by atoms with Crippen LogP contribution >= 0.6 is 18.5 Å². The Morgan fingerprint density at radius 3 is 0.654 bits per heavy atom. The molecular formula is C9H30O12P2Si3. The van der Waals surface area contributed by atoms with Crippen LogP contribution in [0.1, 0.15) is 0 Å². The minimum atomic E-state index is -3.57. The lowest BCUT2D eigenvalue weighted by molar-refractivity contribution is 0.00956. The summed E-state index contributed by atoms with van der Waals surface area (Å²) in [7, 11) is -0.820. The molecule has 0 aliphatic carbocycles. The van der Waals surface area contributed by atoms with Crippen LogP contribution in [-0.2, 0) is 52.5 Å². The molecule has 0 aromatic heterocycles. The first kappa shape index (κ1) is 29.2. The van der Waals surface area contributed by atoms with Crippen LogP contribution < -0.4 is 0 Å². The monoisotopic (exact) mass is 476 g/mol. The van der Waals surface area contributed by atoms with Crippen LogP contribution in [0.2, 0.25) is 0 Å². The van der Waals surface area contributed by atoms with E-state index in [4.69, 9.17) is 52.5 Å². The highest BCUT2D eigenvalue weighted by Gasteiger charge is 2.57. The molecular weight excluding hydrogens is 446 g/mol. The van der Waals surface area contributed by atoms with Gasteiger partial charge in [0, 0.05) is 64.0 Å². The van der Waals surface area contributed by atoms with E-state index in [9.17, 15) is 0 Å². The standard InChI is InChI=1S/C9H27O12PSi3.H3P/c1-10-23(11-2,12-3)19-22(20-24(13-4,14-5)15-6)21-25(16-7,17-8)18-9;/h1-9H3;1H3. The SMILES string of the molecule is CO[Si](OC)(OC)OP(O[Si](OC)(OC)OC)O[Si](OC)(OC)OC.P. The molecule has 0 aromatic carbocycles. The third-order valence-electron chi connectivity index (χ3n) is 2.81. The molecule has 0 saturated heterocycles. The molecule has 17 heteroatoms. The van der Waals surface area contributed by atoms with Crippen LogP contribution in [-0.4, -0.2) is 91.1 Å². The molecule has 0 spiro atoms. The maximum atomic E-state index is 5.69. The quantitative estimate of drug-likeness (QED) is 0.242. The molecule has 0 aromatic rings. The van der Waals surface area contributed by atoms with Crippen molar-refractivity contribution >= 4 is 45.6 Å². The zero-order valence-corrected chi connectivity index (χ0v) is 21.9. The van der Waals surface area contributed by atoms with Crippen molar-refractivity contribution < 1.29 is 52.5 Å². The van der Waals surface area contributed by atoms with Gasteiger partial charge in [0.05, 0.1) is 0 Å². The van der Waals surface area contributed by atoms with Gasteiger partial charge in [-0.15, -0.1) is 0 Å². The third-order valence-corrected chi connectivity index (χ3v) is 11.8. The Bertz CT molecular complexity index is 282. The van der Waals surface area contributed by atoms with Gasteiger partial charge in [-0.25, -0.2) is 0 Å². The van der Waals surface area contributed by atoms with Crippen LogP contribution in [0, 0.1) is 0 Å². The molecule has 1 unspecified atom stereocenters. The topological polar surface area (TPSA) is 111 Å². The summed E-state index contributed by atoms with van der Waals surface area (Å²) in [5.41, 5.74) is 0. The molecule has 0 heterocycles. The van der Waals surface area contributed by atoms with E-state index in [2.05, 4.69) is 0 Å². The van der Waals surface area contributed by atoms with E-state index < -0.39 is 35.7 Å². The van der Waals surface area contributed by atoms with Crippen molar-refractivity contribution in [2.75, 3.05) is 64.0 Å². The van der Waals surface area contributed by atoms with E-state index in [1.807, 2.05) is 0 Å². The second-order valence-corrected chi connectivity index (χ2v) is 13.1. The molecule has 0 amide bonds. The number of hydrogen-bond acceptors (Lipinski definition) is 12. The summed E-state index contributed by atoms with van der Waals surface area (Å²) in [5, 5.41) is 0. The summed E-state index contributed by atoms with van der Waals surface area (Å²) in [6.45, 7) is 0. The molecule has 0 aliphatic rings. The van der Waals surface area contributed by atoms with Crippen molar-refractivity contribution in [2.45, 2.75) is 0 Å². The Morgan fingerprint density at radius 1 is 0.385 bits per heavy atom. The summed E-state index contributed by atoms with van der Waals surface area (Å²) in [6.07, 6.45) is 0. The number of hydrogen-bond donors (Lipinski definition) is 0. The van der Waals surface area contributed by atoms with Gasteiger partial charge in [-0.1, -0.05) is 0 Å². The Labute approximate surface area is 162 Å². The smallest absolute Gasteiger partial charge is 0.354 e. The normalized spacial score (nSPS) is 13.2. The van der Waals surface area contributed by atoms with Crippen LogP contribution in [0.15, 0.2) is 0 Å².